The third kappa shape index (κ3) is 2.14. The molecule has 0 heterocycles. The Morgan fingerprint density at radius 2 is 1.80 bits per heavy atom. The van der Waals surface area contributed by atoms with Gasteiger partial charge in [-0.3, -0.25) is 9.59 Å². The molecule has 2 unspecified atom stereocenters. The number of hydrogen-bond donors (Lipinski definition) is 2. The first-order chi connectivity index (χ1) is 4.46. The highest BCUT2D eigenvalue weighted by molar-refractivity contribution is 5.97. The molecule has 0 bridgehead atoms. The van der Waals surface area contributed by atoms with Crippen molar-refractivity contribution in [1.29, 1.82) is 0 Å². The van der Waals surface area contributed by atoms with Gasteiger partial charge < -0.3 is 10.2 Å². The minimum absolute atomic E-state index is 0.525. The van der Waals surface area contributed by atoms with Gasteiger partial charge in [0.1, 0.15) is 11.7 Å². The summed E-state index contributed by atoms with van der Waals surface area (Å²) in [6, 6.07) is 0. The van der Waals surface area contributed by atoms with Gasteiger partial charge in [-0.15, -0.1) is 0 Å². The summed E-state index contributed by atoms with van der Waals surface area (Å²) < 4.78 is 0. The normalized spacial score (nSPS) is 15.9. The average molecular weight is 146 g/mol. The van der Waals surface area contributed by atoms with E-state index in [1.165, 1.54) is 6.92 Å². The van der Waals surface area contributed by atoms with Crippen molar-refractivity contribution in [1.82, 2.24) is 0 Å². The standard InChI is InChI=1S/C6H10O4/c1-3(7)5(4(2)8)6(9)10/h3,5,7H,1-2H3,(H,9,10). The molecule has 0 amide bonds. The third-order valence-electron chi connectivity index (χ3n) is 1.19. The number of aliphatic carboxylic acids is 1. The highest BCUT2D eigenvalue weighted by Gasteiger charge is 2.27. The van der Waals surface area contributed by atoms with Gasteiger partial charge in [0.2, 0.25) is 0 Å². The van der Waals surface area contributed by atoms with Crippen molar-refractivity contribution >= 4 is 11.8 Å². The number of carbonyl (C=O) groups excluding carboxylic acids is 1. The zero-order valence-corrected chi connectivity index (χ0v) is 5.87. The van der Waals surface area contributed by atoms with Gasteiger partial charge in [-0.2, -0.15) is 0 Å². The Morgan fingerprint density at radius 1 is 1.40 bits per heavy atom. The van der Waals surface area contributed by atoms with Crippen molar-refractivity contribution in [3.05, 3.63) is 0 Å². The maximum absolute atomic E-state index is 10.5. The van der Waals surface area contributed by atoms with E-state index in [0.29, 0.717) is 0 Å². The van der Waals surface area contributed by atoms with Crippen molar-refractivity contribution in [3.63, 3.8) is 0 Å². The summed E-state index contributed by atoms with van der Waals surface area (Å²) in [6.45, 7) is 2.42. The number of aliphatic hydroxyl groups is 1. The molecule has 2 N–H and O–H groups in total. The lowest BCUT2D eigenvalue weighted by molar-refractivity contribution is -0.149. The number of carboxylic acid groups (broad SMARTS) is 1. The molecule has 0 aliphatic carbocycles. The van der Waals surface area contributed by atoms with Gasteiger partial charge in [0.25, 0.3) is 0 Å². The zero-order chi connectivity index (χ0) is 8.31. The highest BCUT2D eigenvalue weighted by atomic mass is 16.4. The topological polar surface area (TPSA) is 74.6 Å². The molecule has 0 radical (unpaired) electrons. The van der Waals surface area contributed by atoms with Gasteiger partial charge in [0.05, 0.1) is 6.10 Å². The molecule has 0 saturated heterocycles. The monoisotopic (exact) mass is 146 g/mol. The Bertz CT molecular complexity index is 136. The third-order valence-corrected chi connectivity index (χ3v) is 1.19. The molecule has 0 aromatic heterocycles. The molecule has 0 aromatic carbocycles. The van der Waals surface area contributed by atoms with E-state index in [1.54, 1.807) is 0 Å². The molecule has 58 valence electrons. The van der Waals surface area contributed by atoms with Crippen LogP contribution in [0.4, 0.5) is 0 Å². The van der Waals surface area contributed by atoms with Crippen LogP contribution in [0.1, 0.15) is 13.8 Å². The molecule has 4 nitrogen and oxygen atoms in total. The minimum Gasteiger partial charge on any atom is -0.481 e. The van der Waals surface area contributed by atoms with Gasteiger partial charge in [0, 0.05) is 0 Å². The van der Waals surface area contributed by atoms with Crippen molar-refractivity contribution in [2.75, 3.05) is 0 Å². The molecule has 0 aliphatic heterocycles. The van der Waals surface area contributed by atoms with Crippen LogP contribution < -0.4 is 0 Å². The fourth-order valence-electron chi connectivity index (χ4n) is 0.720. The Labute approximate surface area is 58.5 Å². The van der Waals surface area contributed by atoms with Crippen LogP contribution in [0, 0.1) is 5.92 Å². The quantitative estimate of drug-likeness (QED) is 0.534. The van der Waals surface area contributed by atoms with Crippen LogP contribution in [-0.2, 0) is 9.59 Å². The molecule has 2 atom stereocenters. The Balaban J connectivity index is 4.27. The number of carbonyl (C=O) groups is 2. The van der Waals surface area contributed by atoms with E-state index >= 15 is 0 Å². The minimum atomic E-state index is -1.28. The predicted octanol–water partition coefficient (Wildman–Crippen LogP) is -0.343. The first-order valence-corrected chi connectivity index (χ1v) is 2.88. The fourth-order valence-corrected chi connectivity index (χ4v) is 0.720. The summed E-state index contributed by atoms with van der Waals surface area (Å²) in [5, 5.41) is 17.1. The van der Waals surface area contributed by atoms with Crippen molar-refractivity contribution in [2.24, 2.45) is 5.92 Å². The second-order valence-corrected chi connectivity index (χ2v) is 2.17. The SMILES string of the molecule is CC(=O)C(C(=O)O)C(C)O. The second-order valence-electron chi connectivity index (χ2n) is 2.17. The number of hydrogen-bond acceptors (Lipinski definition) is 3. The lowest BCUT2D eigenvalue weighted by Gasteiger charge is -2.10. The molecular weight excluding hydrogens is 136 g/mol. The van der Waals surface area contributed by atoms with Gasteiger partial charge >= 0.3 is 5.97 Å². The van der Waals surface area contributed by atoms with Crippen LogP contribution in [-0.4, -0.2) is 28.1 Å². The van der Waals surface area contributed by atoms with E-state index in [9.17, 15) is 9.59 Å². The van der Waals surface area contributed by atoms with E-state index in [1.807, 2.05) is 0 Å². The molecule has 0 fully saturated rings. The maximum Gasteiger partial charge on any atom is 0.316 e. The predicted molar refractivity (Wildman–Crippen MR) is 33.5 cm³/mol. The molecular formula is C6H10O4. The van der Waals surface area contributed by atoms with Crippen LogP contribution >= 0.6 is 0 Å². The molecule has 0 aromatic rings. The summed E-state index contributed by atoms with van der Waals surface area (Å²) >= 11 is 0. The van der Waals surface area contributed by atoms with Crippen LogP contribution in [0.2, 0.25) is 0 Å². The van der Waals surface area contributed by atoms with Gasteiger partial charge in [0.15, 0.2) is 0 Å². The maximum atomic E-state index is 10.5. The van der Waals surface area contributed by atoms with Gasteiger partial charge in [-0.25, -0.2) is 0 Å². The second kappa shape index (κ2) is 3.31. The Morgan fingerprint density at radius 3 is 1.80 bits per heavy atom. The van der Waals surface area contributed by atoms with Crippen LogP contribution in [0.3, 0.4) is 0 Å². The van der Waals surface area contributed by atoms with Crippen LogP contribution in [0.25, 0.3) is 0 Å². The molecule has 10 heavy (non-hydrogen) atoms. The van der Waals surface area contributed by atoms with E-state index < -0.39 is 23.8 Å². The smallest absolute Gasteiger partial charge is 0.316 e. The number of Topliss-reactive ketones (excluding diaryl/α,β-unsaturated/α-hetero) is 1. The lowest BCUT2D eigenvalue weighted by Crippen LogP contribution is -2.31. The summed E-state index contributed by atoms with van der Waals surface area (Å²) in [5.41, 5.74) is 0. The summed E-state index contributed by atoms with van der Waals surface area (Å²) in [7, 11) is 0. The van der Waals surface area contributed by atoms with Crippen LogP contribution in [0.5, 0.6) is 0 Å². The van der Waals surface area contributed by atoms with Crippen molar-refractivity contribution in [2.45, 2.75) is 20.0 Å². The van der Waals surface area contributed by atoms with E-state index in [4.69, 9.17) is 10.2 Å². The molecule has 0 spiro atoms. The first kappa shape index (κ1) is 9.10. The average Bonchev–Trinajstić information content (AvgIpc) is 1.59. The summed E-state index contributed by atoms with van der Waals surface area (Å²) in [6.07, 6.45) is -1.12. The van der Waals surface area contributed by atoms with E-state index in [2.05, 4.69) is 0 Å². The van der Waals surface area contributed by atoms with E-state index in [-0.39, 0.29) is 0 Å². The fraction of sp³-hybridized carbons (Fsp3) is 0.667. The molecule has 0 saturated carbocycles. The first-order valence-electron chi connectivity index (χ1n) is 2.88. The zero-order valence-electron chi connectivity index (χ0n) is 5.87. The number of ketones is 1. The Hall–Kier alpha value is -0.900. The van der Waals surface area contributed by atoms with Crippen LogP contribution in [0.15, 0.2) is 0 Å². The number of carboxylic acids is 1. The number of rotatable bonds is 3. The van der Waals surface area contributed by atoms with Gasteiger partial charge in [-0.05, 0) is 13.8 Å². The summed E-state index contributed by atoms with van der Waals surface area (Å²) in [4.78, 5) is 20.7. The Kier molecular flexibility index (Phi) is 3.02. The van der Waals surface area contributed by atoms with Crippen molar-refractivity contribution in [3.8, 4) is 0 Å². The van der Waals surface area contributed by atoms with Crippen molar-refractivity contribution < 1.29 is 19.8 Å². The summed E-state index contributed by atoms with van der Waals surface area (Å²) in [5.74, 6) is -3.08. The molecule has 0 rings (SSSR count). The molecule has 4 heteroatoms. The number of aliphatic hydroxyl groups excluding tert-OH is 1. The van der Waals surface area contributed by atoms with Gasteiger partial charge in [-0.1, -0.05) is 0 Å². The van der Waals surface area contributed by atoms with E-state index in [0.717, 1.165) is 6.92 Å². The molecule has 0 aliphatic rings. The lowest BCUT2D eigenvalue weighted by atomic mass is 10.0. The largest absolute Gasteiger partial charge is 0.481 e. The highest BCUT2D eigenvalue weighted by Crippen LogP contribution is 2.04.